The van der Waals surface area contributed by atoms with Crippen LogP contribution >= 0.6 is 11.9 Å². The number of fused-ring (bicyclic) bond motifs is 1. The molecule has 2 N–H and O–H groups in total. The van der Waals surface area contributed by atoms with Gasteiger partial charge in [-0.3, -0.25) is 0 Å². The van der Waals surface area contributed by atoms with Crippen LogP contribution < -0.4 is 4.90 Å². The predicted molar refractivity (Wildman–Crippen MR) is 134 cm³/mol. The third-order valence-electron chi connectivity index (χ3n) is 6.71. The fourth-order valence-electron chi connectivity index (χ4n) is 4.83. The molecule has 0 saturated carbocycles. The number of hydrogen-bond acceptors (Lipinski definition) is 6. The summed E-state index contributed by atoms with van der Waals surface area (Å²) in [7, 11) is 2.21. The van der Waals surface area contributed by atoms with Crippen molar-refractivity contribution in [1.82, 2.24) is 9.21 Å². The molecule has 2 aliphatic rings. The monoisotopic (exact) mass is 461 g/mol. The van der Waals surface area contributed by atoms with Crippen molar-refractivity contribution in [2.24, 2.45) is 0 Å². The van der Waals surface area contributed by atoms with E-state index in [1.807, 2.05) is 0 Å². The van der Waals surface area contributed by atoms with Gasteiger partial charge in [-0.1, -0.05) is 36.4 Å². The van der Waals surface area contributed by atoms with Crippen LogP contribution in [0.3, 0.4) is 0 Å². The smallest absolute Gasteiger partial charge is 0.134 e. The molecule has 3 aromatic carbocycles. The van der Waals surface area contributed by atoms with E-state index in [1.54, 1.807) is 24.1 Å². The Hall–Kier alpha value is -2.67. The van der Waals surface area contributed by atoms with Crippen molar-refractivity contribution in [2.45, 2.75) is 43.4 Å². The zero-order chi connectivity index (χ0) is 22.8. The lowest BCUT2D eigenvalue weighted by Crippen LogP contribution is -2.43. The van der Waals surface area contributed by atoms with Gasteiger partial charge in [0.1, 0.15) is 11.5 Å². The molecule has 2 heterocycles. The van der Waals surface area contributed by atoms with Crippen LogP contribution in [0.4, 0.5) is 5.69 Å². The van der Waals surface area contributed by atoms with Crippen LogP contribution in [-0.2, 0) is 19.6 Å². The van der Waals surface area contributed by atoms with Crippen molar-refractivity contribution in [3.8, 4) is 11.5 Å². The van der Waals surface area contributed by atoms with Crippen LogP contribution in [0.25, 0.3) is 0 Å². The first-order chi connectivity index (χ1) is 16.0. The standard InChI is InChI=1S/C27H31N3O2S/c1-28-13-11-23(12-14-28)30(17-20-5-3-2-4-6-20)24-8-7-21-18-29(19-22(21)15-24)33-27-10-9-25(31)16-26(27)32/h2-10,15-16,23,31-32H,11-14,17-19H2,1H3. The molecular formula is C27H31N3O2S. The maximum Gasteiger partial charge on any atom is 0.134 e. The highest BCUT2D eigenvalue weighted by Crippen LogP contribution is 2.39. The number of rotatable bonds is 6. The van der Waals surface area contributed by atoms with E-state index >= 15 is 0 Å². The number of hydrogen-bond donors (Lipinski definition) is 2. The molecule has 0 atom stereocenters. The highest BCUT2D eigenvalue weighted by atomic mass is 32.2. The van der Waals surface area contributed by atoms with Crippen LogP contribution in [0.15, 0.2) is 71.6 Å². The zero-order valence-electron chi connectivity index (χ0n) is 19.0. The summed E-state index contributed by atoms with van der Waals surface area (Å²) in [4.78, 5) is 5.79. The summed E-state index contributed by atoms with van der Waals surface area (Å²) in [5, 5.41) is 19.7. The van der Waals surface area contributed by atoms with Crippen molar-refractivity contribution in [3.05, 3.63) is 83.4 Å². The highest BCUT2D eigenvalue weighted by molar-refractivity contribution is 7.97. The molecule has 0 spiro atoms. The van der Waals surface area contributed by atoms with Gasteiger partial charge in [-0.15, -0.1) is 0 Å². The summed E-state index contributed by atoms with van der Waals surface area (Å²) in [5.41, 5.74) is 5.33. The van der Waals surface area contributed by atoms with E-state index < -0.39 is 0 Å². The van der Waals surface area contributed by atoms with Gasteiger partial charge in [-0.25, -0.2) is 4.31 Å². The number of nitrogens with zero attached hydrogens (tertiary/aromatic N) is 3. The largest absolute Gasteiger partial charge is 0.508 e. The van der Waals surface area contributed by atoms with Crippen LogP contribution in [-0.4, -0.2) is 45.6 Å². The van der Waals surface area contributed by atoms with Crippen molar-refractivity contribution in [3.63, 3.8) is 0 Å². The molecule has 0 amide bonds. The second kappa shape index (κ2) is 9.67. The van der Waals surface area contributed by atoms with Crippen LogP contribution in [0.2, 0.25) is 0 Å². The summed E-state index contributed by atoms with van der Waals surface area (Å²) in [6, 6.07) is 23.0. The van der Waals surface area contributed by atoms with E-state index in [2.05, 4.69) is 69.7 Å². The van der Waals surface area contributed by atoms with Gasteiger partial charge in [-0.2, -0.15) is 0 Å². The van der Waals surface area contributed by atoms with E-state index in [4.69, 9.17) is 0 Å². The number of phenols is 2. The number of anilines is 1. The number of benzene rings is 3. The Morgan fingerprint density at radius 2 is 1.67 bits per heavy atom. The molecule has 1 saturated heterocycles. The molecule has 33 heavy (non-hydrogen) atoms. The molecule has 0 bridgehead atoms. The molecule has 0 aromatic heterocycles. The Balaban J connectivity index is 1.35. The number of piperidine rings is 1. The van der Waals surface area contributed by atoms with Gasteiger partial charge in [0, 0.05) is 37.4 Å². The molecule has 2 aliphatic heterocycles. The number of aromatic hydroxyl groups is 2. The lowest BCUT2D eigenvalue weighted by molar-refractivity contribution is 0.249. The lowest BCUT2D eigenvalue weighted by Gasteiger charge is -2.39. The topological polar surface area (TPSA) is 50.2 Å². The van der Waals surface area contributed by atoms with Crippen LogP contribution in [0.5, 0.6) is 11.5 Å². The van der Waals surface area contributed by atoms with Crippen LogP contribution in [0, 0.1) is 0 Å². The van der Waals surface area contributed by atoms with E-state index in [-0.39, 0.29) is 11.5 Å². The second-order valence-electron chi connectivity index (χ2n) is 9.14. The molecule has 0 aliphatic carbocycles. The van der Waals surface area contributed by atoms with E-state index in [1.165, 1.54) is 41.3 Å². The Bertz CT molecular complexity index is 1100. The molecule has 5 nitrogen and oxygen atoms in total. The molecule has 5 rings (SSSR count). The molecule has 6 heteroatoms. The average molecular weight is 462 g/mol. The van der Waals surface area contributed by atoms with E-state index in [9.17, 15) is 10.2 Å². The van der Waals surface area contributed by atoms with Gasteiger partial charge in [-0.05, 0) is 85.9 Å². The van der Waals surface area contributed by atoms with Gasteiger partial charge in [0.15, 0.2) is 0 Å². The maximum absolute atomic E-state index is 10.2. The Labute approximate surface area is 200 Å². The fourth-order valence-corrected chi connectivity index (χ4v) is 5.80. The third-order valence-corrected chi connectivity index (χ3v) is 7.77. The Morgan fingerprint density at radius 3 is 2.42 bits per heavy atom. The van der Waals surface area contributed by atoms with E-state index in [0.717, 1.165) is 37.6 Å². The molecule has 0 unspecified atom stereocenters. The lowest BCUT2D eigenvalue weighted by atomic mass is 10.0. The average Bonchev–Trinajstić information content (AvgIpc) is 3.22. The van der Waals surface area contributed by atoms with Crippen molar-refractivity contribution in [2.75, 3.05) is 25.0 Å². The van der Waals surface area contributed by atoms with Gasteiger partial charge < -0.3 is 20.0 Å². The first-order valence-corrected chi connectivity index (χ1v) is 12.4. The van der Waals surface area contributed by atoms with Gasteiger partial charge in [0.05, 0.1) is 4.90 Å². The van der Waals surface area contributed by atoms with Crippen LogP contribution in [0.1, 0.15) is 29.5 Å². The van der Waals surface area contributed by atoms with Crippen molar-refractivity contribution in [1.29, 1.82) is 0 Å². The molecule has 1 fully saturated rings. The fraction of sp³-hybridized carbons (Fsp3) is 0.333. The van der Waals surface area contributed by atoms with E-state index in [0.29, 0.717) is 6.04 Å². The summed E-state index contributed by atoms with van der Waals surface area (Å²) < 4.78 is 2.26. The number of likely N-dealkylation sites (tertiary alicyclic amines) is 1. The van der Waals surface area contributed by atoms with Crippen molar-refractivity contribution < 1.29 is 10.2 Å². The molecule has 3 aromatic rings. The maximum atomic E-state index is 10.2. The van der Waals surface area contributed by atoms with Gasteiger partial charge in [0.25, 0.3) is 0 Å². The minimum atomic E-state index is 0.0820. The predicted octanol–water partition coefficient (Wildman–Crippen LogP) is 5.22. The molecular weight excluding hydrogens is 430 g/mol. The normalized spacial score (nSPS) is 17.2. The van der Waals surface area contributed by atoms with Gasteiger partial charge >= 0.3 is 0 Å². The summed E-state index contributed by atoms with van der Waals surface area (Å²) in [5.74, 6) is 0.201. The third kappa shape index (κ3) is 5.13. The SMILES string of the molecule is CN1CCC(N(Cc2ccccc2)c2ccc3c(c2)CN(Sc2ccc(O)cc2O)C3)CC1. The first kappa shape index (κ1) is 22.1. The zero-order valence-corrected chi connectivity index (χ0v) is 19.8. The minimum Gasteiger partial charge on any atom is -0.508 e. The Kier molecular flexibility index (Phi) is 6.49. The van der Waals surface area contributed by atoms with Crippen molar-refractivity contribution >= 4 is 17.6 Å². The summed E-state index contributed by atoms with van der Waals surface area (Å²) in [6.07, 6.45) is 2.37. The molecule has 0 radical (unpaired) electrons. The Morgan fingerprint density at radius 1 is 0.909 bits per heavy atom. The minimum absolute atomic E-state index is 0.0820. The number of phenolic OH excluding ortho intramolecular Hbond substituents is 2. The quantitative estimate of drug-likeness (QED) is 0.491. The second-order valence-corrected chi connectivity index (χ2v) is 10.3. The molecule has 172 valence electrons. The first-order valence-electron chi connectivity index (χ1n) is 11.6. The summed E-state index contributed by atoms with van der Waals surface area (Å²) in [6.45, 7) is 4.88. The highest BCUT2D eigenvalue weighted by Gasteiger charge is 2.26. The van der Waals surface area contributed by atoms with Gasteiger partial charge in [0.2, 0.25) is 0 Å². The summed E-state index contributed by atoms with van der Waals surface area (Å²) >= 11 is 1.54.